The second-order valence-corrected chi connectivity index (χ2v) is 6.01. The summed E-state index contributed by atoms with van der Waals surface area (Å²) in [6.45, 7) is 3.80. The van der Waals surface area contributed by atoms with E-state index in [2.05, 4.69) is 10.6 Å². The fraction of sp³-hybridized carbons (Fsp3) is 0.231. The Balaban J connectivity index is 2.34. The molecule has 0 bridgehead atoms. The van der Waals surface area contributed by atoms with E-state index in [0.717, 1.165) is 5.69 Å². The van der Waals surface area contributed by atoms with Gasteiger partial charge in [0.15, 0.2) is 0 Å². The molecule has 1 aromatic carbocycles. The zero-order valence-electron chi connectivity index (χ0n) is 10.2. The summed E-state index contributed by atoms with van der Waals surface area (Å²) in [5, 5.41) is 15.6. The molecule has 0 aromatic heterocycles. The molecule has 1 aromatic rings. The first-order chi connectivity index (χ1) is 8.52. The number of nitrogens with one attached hydrogen (secondary N) is 2. The molecule has 0 radical (unpaired) electrons. The van der Waals surface area contributed by atoms with Crippen LogP contribution in [-0.4, -0.2) is 10.8 Å². The average Bonchev–Trinajstić information content (AvgIpc) is 2.28. The van der Waals surface area contributed by atoms with Crippen LogP contribution in [0.4, 0.5) is 5.69 Å². The SMILES string of the molecule is CC1(C)NC(=O)C(C#N)=C(Nc2ccccc2)S1. The fourth-order valence-corrected chi connectivity index (χ4v) is 2.68. The Morgan fingerprint density at radius 2 is 2.00 bits per heavy atom. The molecule has 1 amide bonds. The Kier molecular flexibility index (Phi) is 3.30. The largest absolute Gasteiger partial charge is 0.349 e. The van der Waals surface area contributed by atoms with Crippen LogP contribution in [0.2, 0.25) is 0 Å². The fourth-order valence-electron chi connectivity index (χ4n) is 1.61. The van der Waals surface area contributed by atoms with E-state index in [4.69, 9.17) is 5.26 Å². The summed E-state index contributed by atoms with van der Waals surface area (Å²) in [4.78, 5) is 11.4. The number of hydrogen-bond acceptors (Lipinski definition) is 4. The first-order valence-corrected chi connectivity index (χ1v) is 6.31. The van der Waals surface area contributed by atoms with Gasteiger partial charge in [-0.25, -0.2) is 0 Å². The van der Waals surface area contributed by atoms with Crippen molar-refractivity contribution in [1.29, 1.82) is 5.26 Å². The maximum absolute atomic E-state index is 11.8. The van der Waals surface area contributed by atoms with Crippen molar-refractivity contribution in [2.24, 2.45) is 0 Å². The molecule has 1 heterocycles. The predicted octanol–water partition coefficient (Wildman–Crippen LogP) is 2.43. The van der Waals surface area contributed by atoms with Gasteiger partial charge in [-0.3, -0.25) is 4.79 Å². The van der Waals surface area contributed by atoms with Crippen molar-refractivity contribution in [3.63, 3.8) is 0 Å². The Bertz CT molecular complexity index is 543. The van der Waals surface area contributed by atoms with Crippen LogP contribution in [0.3, 0.4) is 0 Å². The van der Waals surface area contributed by atoms with Crippen LogP contribution in [0, 0.1) is 11.3 Å². The molecule has 0 saturated heterocycles. The van der Waals surface area contributed by atoms with Crippen LogP contribution in [0.1, 0.15) is 13.8 Å². The Hall–Kier alpha value is -1.93. The Morgan fingerprint density at radius 1 is 1.33 bits per heavy atom. The van der Waals surface area contributed by atoms with Crippen molar-refractivity contribution >= 4 is 23.4 Å². The minimum absolute atomic E-state index is 0.128. The highest BCUT2D eigenvalue weighted by molar-refractivity contribution is 8.04. The number of carbonyl (C=O) groups excluding carboxylic acids is 1. The number of amides is 1. The first kappa shape index (κ1) is 12.5. The van der Waals surface area contributed by atoms with E-state index < -0.39 is 4.87 Å². The topological polar surface area (TPSA) is 64.9 Å². The number of thioether (sulfide) groups is 1. The summed E-state index contributed by atoms with van der Waals surface area (Å²) in [7, 11) is 0. The molecule has 5 heteroatoms. The minimum Gasteiger partial charge on any atom is -0.349 e. The van der Waals surface area contributed by atoms with Crippen LogP contribution < -0.4 is 10.6 Å². The highest BCUT2D eigenvalue weighted by atomic mass is 32.2. The zero-order chi connectivity index (χ0) is 13.2. The van der Waals surface area contributed by atoms with Gasteiger partial charge in [-0.2, -0.15) is 5.26 Å². The lowest BCUT2D eigenvalue weighted by molar-refractivity contribution is -0.118. The molecule has 0 aliphatic carbocycles. The van der Waals surface area contributed by atoms with Gasteiger partial charge in [-0.05, 0) is 26.0 Å². The second-order valence-electron chi connectivity index (χ2n) is 4.37. The normalized spacial score (nSPS) is 17.9. The molecule has 2 rings (SSSR count). The molecule has 92 valence electrons. The third-order valence-corrected chi connectivity index (χ3v) is 3.49. The third kappa shape index (κ3) is 2.66. The summed E-state index contributed by atoms with van der Waals surface area (Å²) >= 11 is 1.43. The van der Waals surface area contributed by atoms with Crippen LogP contribution in [0.25, 0.3) is 0 Å². The number of anilines is 1. The van der Waals surface area contributed by atoms with Crippen LogP contribution in [-0.2, 0) is 4.79 Å². The molecule has 0 unspecified atom stereocenters. The molecule has 1 aliphatic heterocycles. The molecule has 0 fully saturated rings. The maximum Gasteiger partial charge on any atom is 0.265 e. The molecular weight excluding hydrogens is 246 g/mol. The van der Waals surface area contributed by atoms with Gasteiger partial charge in [0.2, 0.25) is 0 Å². The van der Waals surface area contributed by atoms with Crippen LogP contribution in [0.15, 0.2) is 40.9 Å². The first-order valence-electron chi connectivity index (χ1n) is 5.50. The van der Waals surface area contributed by atoms with Crippen LogP contribution in [0.5, 0.6) is 0 Å². The number of rotatable bonds is 2. The minimum atomic E-state index is -0.422. The van der Waals surface area contributed by atoms with Gasteiger partial charge in [0.1, 0.15) is 11.6 Å². The number of para-hydroxylation sites is 1. The van der Waals surface area contributed by atoms with Crippen molar-refractivity contribution in [3.8, 4) is 6.07 Å². The average molecular weight is 259 g/mol. The number of nitriles is 1. The van der Waals surface area contributed by atoms with Crippen molar-refractivity contribution in [2.45, 2.75) is 18.7 Å². The molecule has 18 heavy (non-hydrogen) atoms. The van der Waals surface area contributed by atoms with E-state index in [1.807, 2.05) is 50.2 Å². The molecule has 2 N–H and O–H groups in total. The molecule has 0 spiro atoms. The zero-order valence-corrected chi connectivity index (χ0v) is 11.0. The lowest BCUT2D eigenvalue weighted by Gasteiger charge is -2.31. The number of carbonyl (C=O) groups is 1. The van der Waals surface area contributed by atoms with E-state index in [1.54, 1.807) is 0 Å². The summed E-state index contributed by atoms with van der Waals surface area (Å²) in [5.74, 6) is -0.334. The molecule has 0 saturated carbocycles. The van der Waals surface area contributed by atoms with Crippen LogP contribution >= 0.6 is 11.8 Å². The summed E-state index contributed by atoms with van der Waals surface area (Å²) in [6, 6.07) is 11.4. The molecule has 1 aliphatic rings. The summed E-state index contributed by atoms with van der Waals surface area (Å²) in [6.07, 6.45) is 0. The Labute approximate surface area is 110 Å². The quantitative estimate of drug-likeness (QED) is 0.856. The van der Waals surface area contributed by atoms with E-state index in [1.165, 1.54) is 11.8 Å². The second kappa shape index (κ2) is 4.75. The number of hydrogen-bond donors (Lipinski definition) is 2. The molecular formula is C13H13N3OS. The monoisotopic (exact) mass is 259 g/mol. The van der Waals surface area contributed by atoms with Gasteiger partial charge in [0.25, 0.3) is 5.91 Å². The maximum atomic E-state index is 11.8. The third-order valence-electron chi connectivity index (χ3n) is 2.37. The Morgan fingerprint density at radius 3 is 2.61 bits per heavy atom. The number of benzene rings is 1. The van der Waals surface area contributed by atoms with E-state index in [-0.39, 0.29) is 11.5 Å². The van der Waals surface area contributed by atoms with E-state index in [0.29, 0.717) is 5.03 Å². The van der Waals surface area contributed by atoms with Gasteiger partial charge in [0, 0.05) is 5.69 Å². The highest BCUT2D eigenvalue weighted by Gasteiger charge is 2.33. The van der Waals surface area contributed by atoms with Crippen molar-refractivity contribution in [1.82, 2.24) is 5.32 Å². The van der Waals surface area contributed by atoms with Gasteiger partial charge in [-0.1, -0.05) is 30.0 Å². The van der Waals surface area contributed by atoms with Crippen molar-refractivity contribution in [3.05, 3.63) is 40.9 Å². The summed E-state index contributed by atoms with van der Waals surface area (Å²) in [5.41, 5.74) is 0.987. The van der Waals surface area contributed by atoms with Crippen molar-refractivity contribution in [2.75, 3.05) is 5.32 Å². The van der Waals surface area contributed by atoms with E-state index in [9.17, 15) is 4.79 Å². The predicted molar refractivity (Wildman–Crippen MR) is 72.5 cm³/mol. The number of nitrogens with zero attached hydrogens (tertiary/aromatic N) is 1. The lowest BCUT2D eigenvalue weighted by Crippen LogP contribution is -2.45. The van der Waals surface area contributed by atoms with Gasteiger partial charge in [-0.15, -0.1) is 0 Å². The smallest absolute Gasteiger partial charge is 0.265 e. The standard InChI is InChI=1S/C13H13N3OS/c1-13(2)16-11(17)10(8-14)12(18-13)15-9-6-4-3-5-7-9/h3-7,15H,1-2H3,(H,16,17). The molecule has 4 nitrogen and oxygen atoms in total. The lowest BCUT2D eigenvalue weighted by atomic mass is 10.2. The van der Waals surface area contributed by atoms with Crippen molar-refractivity contribution < 1.29 is 4.79 Å². The van der Waals surface area contributed by atoms with E-state index >= 15 is 0 Å². The molecule has 0 atom stereocenters. The van der Waals surface area contributed by atoms with Gasteiger partial charge < -0.3 is 10.6 Å². The van der Waals surface area contributed by atoms with Gasteiger partial charge in [0.05, 0.1) is 9.90 Å². The highest BCUT2D eigenvalue weighted by Crippen LogP contribution is 2.35. The summed E-state index contributed by atoms with van der Waals surface area (Å²) < 4.78 is 0. The van der Waals surface area contributed by atoms with Gasteiger partial charge >= 0.3 is 0 Å².